The molecular weight excluding hydrogens is 547 g/mol. The number of benzene rings is 2. The second-order valence-corrected chi connectivity index (χ2v) is 12.0. The van der Waals surface area contributed by atoms with Gasteiger partial charge in [-0.3, -0.25) is 29.0 Å². The summed E-state index contributed by atoms with van der Waals surface area (Å²) >= 11 is 13.6. The lowest BCUT2D eigenvalue weighted by Gasteiger charge is -2.38. The van der Waals surface area contributed by atoms with Crippen molar-refractivity contribution < 1.29 is 19.2 Å². The zero-order valence-electron chi connectivity index (χ0n) is 24.1. The number of halogens is 2. The summed E-state index contributed by atoms with van der Waals surface area (Å²) in [4.78, 5) is 58.6. The Morgan fingerprint density at radius 2 is 0.875 bits per heavy atom. The Labute approximate surface area is 247 Å². The average Bonchev–Trinajstić information content (AvgIpc) is 2.93. The smallest absolute Gasteiger partial charge is 0.263 e. The van der Waals surface area contributed by atoms with Crippen molar-refractivity contribution in [3.63, 3.8) is 0 Å². The lowest BCUT2D eigenvalue weighted by Crippen LogP contribution is -2.49. The molecule has 6 nitrogen and oxygen atoms in total. The summed E-state index contributed by atoms with van der Waals surface area (Å²) in [7, 11) is 0. The quantitative estimate of drug-likeness (QED) is 0.207. The van der Waals surface area contributed by atoms with E-state index in [1.54, 1.807) is 0 Å². The maximum absolute atomic E-state index is 14.0. The van der Waals surface area contributed by atoms with Gasteiger partial charge < -0.3 is 0 Å². The van der Waals surface area contributed by atoms with E-state index in [4.69, 9.17) is 23.2 Å². The first-order valence-electron chi connectivity index (χ1n) is 15.0. The number of unbranched alkanes of at least 4 members (excludes halogenated alkanes) is 4. The summed E-state index contributed by atoms with van der Waals surface area (Å²) in [5.41, 5.74) is 0.798. The molecule has 2 aromatic rings. The topological polar surface area (TPSA) is 74.8 Å². The molecule has 2 aliphatic rings. The minimum absolute atomic E-state index is 0.102. The molecule has 0 aromatic heterocycles. The molecule has 4 amide bonds. The summed E-state index contributed by atoms with van der Waals surface area (Å²) in [5.74, 6) is -1.82. The molecule has 0 bridgehead atoms. The molecule has 0 saturated carbocycles. The first-order valence-corrected chi connectivity index (χ1v) is 15.7. The number of amides is 4. The zero-order chi connectivity index (χ0) is 29.1. The van der Waals surface area contributed by atoms with Crippen LogP contribution in [-0.2, 0) is 0 Å². The van der Waals surface area contributed by atoms with Crippen LogP contribution in [0.4, 0.5) is 0 Å². The van der Waals surface area contributed by atoms with Gasteiger partial charge >= 0.3 is 0 Å². The van der Waals surface area contributed by atoms with Crippen molar-refractivity contribution >= 4 is 57.6 Å². The van der Waals surface area contributed by atoms with Crippen LogP contribution in [0, 0.1) is 0 Å². The van der Waals surface area contributed by atoms with Gasteiger partial charge in [0.2, 0.25) is 0 Å². The molecule has 0 radical (unpaired) electrons. The highest BCUT2D eigenvalue weighted by Crippen LogP contribution is 2.45. The van der Waals surface area contributed by atoms with E-state index in [9.17, 15) is 19.2 Å². The van der Waals surface area contributed by atoms with Gasteiger partial charge in [0.25, 0.3) is 23.6 Å². The molecule has 0 fully saturated rings. The maximum Gasteiger partial charge on any atom is 0.263 e. The number of hydrogen-bond acceptors (Lipinski definition) is 4. The van der Waals surface area contributed by atoms with E-state index in [-0.39, 0.29) is 49.8 Å². The second-order valence-electron chi connectivity index (χ2n) is 11.1. The molecule has 2 aromatic carbocycles. The number of carbonyl (C=O) groups excluding carboxylic acids is 4. The lowest BCUT2D eigenvalue weighted by molar-refractivity contribution is 0.0496. The zero-order valence-corrected chi connectivity index (χ0v) is 25.6. The molecular formula is C32H40Cl2N2O4. The van der Waals surface area contributed by atoms with Gasteiger partial charge in [0, 0.05) is 22.9 Å². The Morgan fingerprint density at radius 3 is 1.20 bits per heavy atom. The molecule has 4 rings (SSSR count). The van der Waals surface area contributed by atoms with Crippen molar-refractivity contribution in [2.75, 3.05) is 0 Å². The average molecular weight is 588 g/mol. The fourth-order valence-electron chi connectivity index (χ4n) is 6.24. The molecule has 0 aliphatic carbocycles. The Hall–Kier alpha value is -2.44. The molecule has 0 unspecified atom stereocenters. The van der Waals surface area contributed by atoms with E-state index in [1.807, 2.05) is 0 Å². The predicted molar refractivity (Wildman–Crippen MR) is 161 cm³/mol. The van der Waals surface area contributed by atoms with Crippen LogP contribution in [0.25, 0.3) is 10.8 Å². The van der Waals surface area contributed by atoms with E-state index >= 15 is 0 Å². The van der Waals surface area contributed by atoms with E-state index in [2.05, 4.69) is 27.7 Å². The van der Waals surface area contributed by atoms with Crippen molar-refractivity contribution in [2.45, 2.75) is 117 Å². The molecule has 2 aliphatic heterocycles. The van der Waals surface area contributed by atoms with Crippen LogP contribution in [-0.4, -0.2) is 45.5 Å². The molecule has 40 heavy (non-hydrogen) atoms. The first kappa shape index (κ1) is 30.5. The molecule has 0 atom stereocenters. The van der Waals surface area contributed by atoms with Gasteiger partial charge in [-0.25, -0.2) is 0 Å². The van der Waals surface area contributed by atoms with Crippen LogP contribution in [0.2, 0.25) is 10.0 Å². The Bertz CT molecular complexity index is 1250. The third-order valence-corrected chi connectivity index (χ3v) is 8.96. The molecule has 0 spiro atoms. The van der Waals surface area contributed by atoms with Gasteiger partial charge in [0.15, 0.2) is 0 Å². The number of rotatable bonds is 14. The molecule has 0 N–H and O–H groups in total. The molecule has 2 heterocycles. The second kappa shape index (κ2) is 13.0. The van der Waals surface area contributed by atoms with E-state index < -0.39 is 23.6 Å². The van der Waals surface area contributed by atoms with Gasteiger partial charge in [-0.05, 0) is 37.8 Å². The SMILES string of the molecule is CCCCC(CCCC)N1C(=O)c2cc(Cl)c3c4c(c(Cl)cc(c24)C1=O)C(=O)N(C(CCCC)CCCC)C3=O. The van der Waals surface area contributed by atoms with E-state index in [0.29, 0.717) is 31.1 Å². The lowest BCUT2D eigenvalue weighted by atomic mass is 9.84. The van der Waals surface area contributed by atoms with E-state index in [0.717, 1.165) is 51.4 Å². The third-order valence-electron chi connectivity index (χ3n) is 8.37. The largest absolute Gasteiger partial charge is 0.271 e. The highest BCUT2D eigenvalue weighted by Gasteiger charge is 2.45. The summed E-state index contributed by atoms with van der Waals surface area (Å²) in [6, 6.07) is 2.50. The first-order chi connectivity index (χ1) is 19.2. The van der Waals surface area contributed by atoms with Crippen molar-refractivity contribution in [3.8, 4) is 0 Å². The van der Waals surface area contributed by atoms with Gasteiger partial charge in [-0.2, -0.15) is 0 Å². The maximum atomic E-state index is 14.0. The minimum Gasteiger partial charge on any atom is -0.271 e. The monoisotopic (exact) mass is 586 g/mol. The van der Waals surface area contributed by atoms with Gasteiger partial charge in [0.1, 0.15) is 0 Å². The number of carbonyl (C=O) groups is 4. The van der Waals surface area contributed by atoms with Crippen LogP contribution in [0.3, 0.4) is 0 Å². The summed E-state index contributed by atoms with van der Waals surface area (Å²) < 4.78 is 0. The molecule has 0 saturated heterocycles. The van der Waals surface area contributed by atoms with Crippen molar-refractivity contribution in [2.24, 2.45) is 0 Å². The number of imide groups is 2. The Kier molecular flexibility index (Phi) is 9.94. The number of hydrogen-bond donors (Lipinski definition) is 0. The fraction of sp³-hybridized carbons (Fsp3) is 0.562. The standard InChI is InChI=1S/C32H40Cl2N2O4/c1-5-9-13-19(14-10-6-2)35-29(37)21-17-23(33)26-28-25(21)22(30(35)38)18-24(34)27(28)32(40)36(31(26)39)20(15-11-7-3)16-12-8-4/h17-20H,5-16H2,1-4H3. The Morgan fingerprint density at radius 1 is 0.550 bits per heavy atom. The van der Waals surface area contributed by atoms with Gasteiger partial charge in [0.05, 0.1) is 32.3 Å². The number of nitrogens with zero attached hydrogens (tertiary/aromatic N) is 2. The van der Waals surface area contributed by atoms with Crippen LogP contribution in [0.15, 0.2) is 12.1 Å². The Balaban J connectivity index is 1.89. The van der Waals surface area contributed by atoms with E-state index in [1.165, 1.54) is 21.9 Å². The van der Waals surface area contributed by atoms with Crippen molar-refractivity contribution in [1.29, 1.82) is 0 Å². The third kappa shape index (κ3) is 5.30. The van der Waals surface area contributed by atoms with Crippen LogP contribution in [0.5, 0.6) is 0 Å². The summed E-state index contributed by atoms with van der Waals surface area (Å²) in [6.07, 6.45) is 10.1. The molecule has 8 heteroatoms. The van der Waals surface area contributed by atoms with Crippen molar-refractivity contribution in [1.82, 2.24) is 9.80 Å². The molecule has 216 valence electrons. The fourth-order valence-corrected chi connectivity index (χ4v) is 6.81. The highest BCUT2D eigenvalue weighted by atomic mass is 35.5. The normalized spacial score (nSPS) is 15.0. The van der Waals surface area contributed by atoms with Crippen molar-refractivity contribution in [3.05, 3.63) is 44.4 Å². The summed E-state index contributed by atoms with van der Waals surface area (Å²) in [6.45, 7) is 8.32. The van der Waals surface area contributed by atoms with Gasteiger partial charge in [-0.1, -0.05) is 102 Å². The minimum atomic E-state index is -0.481. The van der Waals surface area contributed by atoms with Gasteiger partial charge in [-0.15, -0.1) is 0 Å². The van der Waals surface area contributed by atoms with Crippen LogP contribution < -0.4 is 0 Å². The van der Waals surface area contributed by atoms with Crippen LogP contribution in [0.1, 0.15) is 146 Å². The van der Waals surface area contributed by atoms with Crippen LogP contribution >= 0.6 is 23.2 Å². The summed E-state index contributed by atoms with van der Waals surface area (Å²) in [5, 5.41) is 0.756. The predicted octanol–water partition coefficient (Wildman–Crippen LogP) is 8.84. The highest BCUT2D eigenvalue weighted by molar-refractivity contribution is 6.45.